The minimum absolute atomic E-state index is 0.00673. The molecule has 0 atom stereocenters. The van der Waals surface area contributed by atoms with E-state index >= 15 is 0 Å². The fourth-order valence-electron chi connectivity index (χ4n) is 4.33. The van der Waals surface area contributed by atoms with Crippen molar-refractivity contribution in [2.24, 2.45) is 5.92 Å². The molecule has 35 heavy (non-hydrogen) atoms. The zero-order valence-corrected chi connectivity index (χ0v) is 19.8. The van der Waals surface area contributed by atoms with Crippen LogP contribution in [0, 0.1) is 5.92 Å². The van der Waals surface area contributed by atoms with Crippen LogP contribution >= 0.6 is 11.3 Å². The Morgan fingerprint density at radius 2 is 1.63 bits per heavy atom. The summed E-state index contributed by atoms with van der Waals surface area (Å²) in [6.45, 7) is 1.08. The molecule has 1 aromatic heterocycles. The number of anilines is 2. The summed E-state index contributed by atoms with van der Waals surface area (Å²) in [6.07, 6.45) is 2.84. The van der Waals surface area contributed by atoms with E-state index in [-0.39, 0.29) is 23.6 Å². The molecule has 176 valence electrons. The Balaban J connectivity index is 1.16. The highest BCUT2D eigenvalue weighted by Crippen LogP contribution is 2.25. The molecule has 0 aliphatic carbocycles. The van der Waals surface area contributed by atoms with E-state index in [1.165, 1.54) is 11.3 Å². The monoisotopic (exact) mass is 484 g/mol. The number of benzene rings is 3. The number of thiazole rings is 1. The first-order chi connectivity index (χ1) is 17.1. The van der Waals surface area contributed by atoms with Gasteiger partial charge in [0.05, 0.1) is 0 Å². The highest BCUT2D eigenvalue weighted by atomic mass is 32.1. The molecule has 0 bridgehead atoms. The van der Waals surface area contributed by atoms with Gasteiger partial charge in [0.2, 0.25) is 5.91 Å². The standard InChI is InChI=1S/C27H24N4O3S/c32-24(29-21-10-8-19(9-11-21)25(33)30-27-28-14-17-35-27)20-12-15-31(16-13-20)26(34)23-7-3-5-18-4-1-2-6-22(18)23/h1-11,14,17,20H,12-13,15-16H2,(H,29,32)(H,28,30,33). The van der Waals surface area contributed by atoms with Gasteiger partial charge >= 0.3 is 0 Å². The van der Waals surface area contributed by atoms with Gasteiger partial charge in [-0.3, -0.25) is 19.7 Å². The molecule has 0 radical (unpaired) electrons. The van der Waals surface area contributed by atoms with Crippen LogP contribution in [0.25, 0.3) is 10.8 Å². The quantitative estimate of drug-likeness (QED) is 0.415. The number of piperidine rings is 1. The highest BCUT2D eigenvalue weighted by Gasteiger charge is 2.28. The minimum Gasteiger partial charge on any atom is -0.339 e. The molecule has 1 aliphatic rings. The van der Waals surface area contributed by atoms with Gasteiger partial charge in [0, 0.05) is 47.4 Å². The molecule has 2 N–H and O–H groups in total. The van der Waals surface area contributed by atoms with E-state index < -0.39 is 0 Å². The molecule has 1 fully saturated rings. The Hall–Kier alpha value is -4.04. The summed E-state index contributed by atoms with van der Waals surface area (Å²) >= 11 is 1.35. The van der Waals surface area contributed by atoms with E-state index in [1.807, 2.05) is 47.4 Å². The second-order valence-electron chi connectivity index (χ2n) is 8.45. The van der Waals surface area contributed by atoms with Gasteiger partial charge in [0.25, 0.3) is 11.8 Å². The Kier molecular flexibility index (Phi) is 6.54. The Bertz CT molecular complexity index is 1360. The van der Waals surface area contributed by atoms with Gasteiger partial charge in [-0.15, -0.1) is 11.3 Å². The van der Waals surface area contributed by atoms with Crippen molar-refractivity contribution in [2.45, 2.75) is 12.8 Å². The lowest BCUT2D eigenvalue weighted by molar-refractivity contribution is -0.121. The molecule has 1 aliphatic heterocycles. The minimum atomic E-state index is -0.249. The van der Waals surface area contributed by atoms with Gasteiger partial charge in [-0.05, 0) is 53.9 Å². The largest absolute Gasteiger partial charge is 0.339 e. The van der Waals surface area contributed by atoms with Crippen molar-refractivity contribution in [3.63, 3.8) is 0 Å². The predicted molar refractivity (Wildman–Crippen MR) is 138 cm³/mol. The summed E-state index contributed by atoms with van der Waals surface area (Å²) in [5.41, 5.74) is 1.82. The third kappa shape index (κ3) is 5.07. The Labute approximate surface area is 206 Å². The smallest absolute Gasteiger partial charge is 0.257 e. The fraction of sp³-hybridized carbons (Fsp3) is 0.185. The molecule has 2 heterocycles. The zero-order valence-electron chi connectivity index (χ0n) is 18.9. The van der Waals surface area contributed by atoms with Crippen molar-refractivity contribution < 1.29 is 14.4 Å². The number of nitrogens with one attached hydrogen (secondary N) is 2. The molecule has 8 heteroatoms. The van der Waals surface area contributed by atoms with Gasteiger partial charge in [-0.2, -0.15) is 0 Å². The van der Waals surface area contributed by atoms with Crippen LogP contribution < -0.4 is 10.6 Å². The third-order valence-electron chi connectivity index (χ3n) is 6.24. The highest BCUT2D eigenvalue weighted by molar-refractivity contribution is 7.13. The molecule has 0 saturated carbocycles. The molecular formula is C27H24N4O3S. The molecule has 4 aromatic rings. The fourth-order valence-corrected chi connectivity index (χ4v) is 4.85. The number of aromatic nitrogens is 1. The van der Waals surface area contributed by atoms with E-state index in [9.17, 15) is 14.4 Å². The summed E-state index contributed by atoms with van der Waals surface area (Å²) in [5, 5.41) is 9.99. The topological polar surface area (TPSA) is 91.4 Å². The van der Waals surface area contributed by atoms with Crippen LogP contribution in [0.5, 0.6) is 0 Å². The summed E-state index contributed by atoms with van der Waals surface area (Å²) in [5.74, 6) is -0.477. The number of carbonyl (C=O) groups is 3. The number of hydrogen-bond acceptors (Lipinski definition) is 5. The number of likely N-dealkylation sites (tertiary alicyclic amines) is 1. The van der Waals surface area contributed by atoms with Crippen LogP contribution in [-0.4, -0.2) is 40.7 Å². The van der Waals surface area contributed by atoms with Crippen LogP contribution in [0.3, 0.4) is 0 Å². The van der Waals surface area contributed by atoms with Crippen molar-refractivity contribution in [1.82, 2.24) is 9.88 Å². The van der Waals surface area contributed by atoms with E-state index in [1.54, 1.807) is 35.8 Å². The molecule has 1 saturated heterocycles. The van der Waals surface area contributed by atoms with Crippen molar-refractivity contribution in [2.75, 3.05) is 23.7 Å². The van der Waals surface area contributed by atoms with Crippen molar-refractivity contribution in [3.05, 3.63) is 89.4 Å². The van der Waals surface area contributed by atoms with E-state index in [0.29, 0.717) is 47.9 Å². The average Bonchev–Trinajstić information content (AvgIpc) is 3.41. The first-order valence-corrected chi connectivity index (χ1v) is 12.4. The predicted octanol–water partition coefficient (Wildman–Crippen LogP) is 5.04. The SMILES string of the molecule is O=C(Nc1nccs1)c1ccc(NC(=O)C2CCN(C(=O)c3cccc4ccccc34)CC2)cc1. The third-order valence-corrected chi connectivity index (χ3v) is 6.93. The molecule has 5 rings (SSSR count). The lowest BCUT2D eigenvalue weighted by Crippen LogP contribution is -2.41. The number of carbonyl (C=O) groups excluding carboxylic acids is 3. The number of nitrogens with zero attached hydrogens (tertiary/aromatic N) is 2. The second kappa shape index (κ2) is 10.1. The van der Waals surface area contributed by atoms with Gasteiger partial charge in [-0.25, -0.2) is 4.98 Å². The summed E-state index contributed by atoms with van der Waals surface area (Å²) in [7, 11) is 0. The average molecular weight is 485 g/mol. The Morgan fingerprint density at radius 3 is 2.37 bits per heavy atom. The van der Waals surface area contributed by atoms with Crippen LogP contribution in [0.15, 0.2) is 78.3 Å². The molecule has 0 unspecified atom stereocenters. The van der Waals surface area contributed by atoms with Crippen LogP contribution in [0.1, 0.15) is 33.6 Å². The molecule has 0 spiro atoms. The maximum absolute atomic E-state index is 13.2. The lowest BCUT2D eigenvalue weighted by Gasteiger charge is -2.31. The van der Waals surface area contributed by atoms with Gasteiger partial charge < -0.3 is 10.2 Å². The second-order valence-corrected chi connectivity index (χ2v) is 9.35. The zero-order chi connectivity index (χ0) is 24.2. The first-order valence-electron chi connectivity index (χ1n) is 11.5. The van der Waals surface area contributed by atoms with Gasteiger partial charge in [-0.1, -0.05) is 36.4 Å². The van der Waals surface area contributed by atoms with Crippen molar-refractivity contribution in [1.29, 1.82) is 0 Å². The van der Waals surface area contributed by atoms with Gasteiger partial charge in [0.15, 0.2) is 5.13 Å². The summed E-state index contributed by atoms with van der Waals surface area (Å²) in [4.78, 5) is 44.1. The van der Waals surface area contributed by atoms with Gasteiger partial charge in [0.1, 0.15) is 0 Å². The molecule has 3 aromatic carbocycles. The Morgan fingerprint density at radius 1 is 0.886 bits per heavy atom. The van der Waals surface area contributed by atoms with E-state index in [4.69, 9.17) is 0 Å². The number of rotatable bonds is 5. The van der Waals surface area contributed by atoms with Crippen molar-refractivity contribution in [3.8, 4) is 0 Å². The van der Waals surface area contributed by atoms with E-state index in [2.05, 4.69) is 15.6 Å². The number of hydrogen-bond donors (Lipinski definition) is 2. The normalized spacial score (nSPS) is 14.0. The maximum Gasteiger partial charge on any atom is 0.257 e. The summed E-state index contributed by atoms with van der Waals surface area (Å²) < 4.78 is 0. The van der Waals surface area contributed by atoms with Crippen molar-refractivity contribution >= 4 is 50.6 Å². The summed E-state index contributed by atoms with van der Waals surface area (Å²) in [6, 6.07) is 20.4. The number of fused-ring (bicyclic) bond motifs is 1. The maximum atomic E-state index is 13.2. The number of amides is 3. The molecular weight excluding hydrogens is 460 g/mol. The van der Waals surface area contributed by atoms with Crippen LogP contribution in [0.4, 0.5) is 10.8 Å². The van der Waals surface area contributed by atoms with Crippen LogP contribution in [-0.2, 0) is 4.79 Å². The molecule has 3 amide bonds. The molecule has 7 nitrogen and oxygen atoms in total. The lowest BCUT2D eigenvalue weighted by atomic mass is 9.94. The first kappa shape index (κ1) is 22.7. The van der Waals surface area contributed by atoms with Crippen LogP contribution in [0.2, 0.25) is 0 Å². The van der Waals surface area contributed by atoms with E-state index in [0.717, 1.165) is 10.8 Å².